The zero-order valence-corrected chi connectivity index (χ0v) is 12.1. The van der Waals surface area contributed by atoms with Crippen LogP contribution in [0.2, 0.25) is 0 Å². The van der Waals surface area contributed by atoms with Crippen molar-refractivity contribution in [3.63, 3.8) is 0 Å². The molecule has 0 unspecified atom stereocenters. The Morgan fingerprint density at radius 1 is 1.30 bits per heavy atom. The highest BCUT2D eigenvalue weighted by Crippen LogP contribution is 2.26. The number of fused-ring (bicyclic) bond motifs is 1. The maximum absolute atomic E-state index is 12.7. The summed E-state index contributed by atoms with van der Waals surface area (Å²) < 4.78 is 0. The Morgan fingerprint density at radius 2 is 2.00 bits per heavy atom. The molecule has 0 aliphatic rings. The SMILES string of the molecule is CCCC(CCC)C(=O)c1c[nH]c2ccc(C#N)cc12. The molecule has 0 saturated heterocycles. The summed E-state index contributed by atoms with van der Waals surface area (Å²) in [5.74, 6) is 0.296. The number of nitriles is 1. The molecule has 2 rings (SSSR count). The number of nitrogens with one attached hydrogen (secondary N) is 1. The molecule has 0 saturated carbocycles. The van der Waals surface area contributed by atoms with Crippen molar-refractivity contribution in [1.29, 1.82) is 5.26 Å². The van der Waals surface area contributed by atoms with Crippen LogP contribution in [0.25, 0.3) is 10.9 Å². The van der Waals surface area contributed by atoms with Crippen LogP contribution in [0.1, 0.15) is 55.5 Å². The molecule has 0 fully saturated rings. The summed E-state index contributed by atoms with van der Waals surface area (Å²) in [6, 6.07) is 7.56. The molecule has 2 aromatic rings. The molecule has 1 N–H and O–H groups in total. The molecular weight excluding hydrogens is 248 g/mol. The van der Waals surface area contributed by atoms with E-state index in [2.05, 4.69) is 24.9 Å². The van der Waals surface area contributed by atoms with Crippen LogP contribution < -0.4 is 0 Å². The summed E-state index contributed by atoms with van der Waals surface area (Å²) in [4.78, 5) is 15.8. The van der Waals surface area contributed by atoms with Crippen LogP contribution >= 0.6 is 0 Å². The van der Waals surface area contributed by atoms with Gasteiger partial charge in [0, 0.05) is 28.6 Å². The van der Waals surface area contributed by atoms with Gasteiger partial charge in [-0.2, -0.15) is 5.26 Å². The summed E-state index contributed by atoms with van der Waals surface area (Å²) >= 11 is 0. The molecule has 1 heterocycles. The molecule has 1 aromatic carbocycles. The van der Waals surface area contributed by atoms with Crippen molar-refractivity contribution < 1.29 is 4.79 Å². The largest absolute Gasteiger partial charge is 0.360 e. The average molecular weight is 268 g/mol. The molecule has 0 atom stereocenters. The number of Topliss-reactive ketones (excluding diaryl/α,β-unsaturated/α-hetero) is 1. The van der Waals surface area contributed by atoms with Crippen LogP contribution in [-0.2, 0) is 0 Å². The zero-order valence-electron chi connectivity index (χ0n) is 12.1. The third-order valence-electron chi connectivity index (χ3n) is 3.72. The van der Waals surface area contributed by atoms with Crippen LogP contribution in [0.15, 0.2) is 24.4 Å². The van der Waals surface area contributed by atoms with Crippen LogP contribution in [0.4, 0.5) is 0 Å². The Balaban J connectivity index is 2.40. The van der Waals surface area contributed by atoms with E-state index in [0.717, 1.165) is 42.1 Å². The second kappa shape index (κ2) is 6.38. The minimum absolute atomic E-state index is 0.0924. The third-order valence-corrected chi connectivity index (χ3v) is 3.72. The van der Waals surface area contributed by atoms with Crippen molar-refractivity contribution in [2.45, 2.75) is 39.5 Å². The Hall–Kier alpha value is -2.08. The van der Waals surface area contributed by atoms with Crippen molar-refractivity contribution in [3.05, 3.63) is 35.5 Å². The number of hydrogen-bond donors (Lipinski definition) is 1. The summed E-state index contributed by atoms with van der Waals surface area (Å²) in [6.07, 6.45) is 5.67. The Kier molecular flexibility index (Phi) is 4.57. The molecule has 3 heteroatoms. The molecule has 0 bridgehead atoms. The lowest BCUT2D eigenvalue weighted by Crippen LogP contribution is -2.14. The van der Waals surface area contributed by atoms with E-state index in [9.17, 15) is 4.79 Å². The standard InChI is InChI=1S/C17H20N2O/c1-3-5-13(6-4-2)17(20)15-11-19-16-8-7-12(10-18)9-14(15)16/h7-9,11,13,19H,3-6H2,1-2H3. The number of carbonyl (C=O) groups excluding carboxylic acids is 1. The predicted molar refractivity (Wildman–Crippen MR) is 80.7 cm³/mol. The molecular formula is C17H20N2O. The Morgan fingerprint density at radius 3 is 2.60 bits per heavy atom. The molecule has 0 aliphatic heterocycles. The van der Waals surface area contributed by atoms with Crippen LogP contribution in [0, 0.1) is 17.2 Å². The van der Waals surface area contributed by atoms with E-state index in [4.69, 9.17) is 5.26 Å². The minimum Gasteiger partial charge on any atom is -0.360 e. The highest BCUT2D eigenvalue weighted by Gasteiger charge is 2.21. The second-order valence-corrected chi connectivity index (χ2v) is 5.21. The first kappa shape index (κ1) is 14.3. The van der Waals surface area contributed by atoms with Gasteiger partial charge in [0.15, 0.2) is 5.78 Å². The van der Waals surface area contributed by atoms with Gasteiger partial charge in [-0.1, -0.05) is 26.7 Å². The number of benzene rings is 1. The zero-order chi connectivity index (χ0) is 14.5. The van der Waals surface area contributed by atoms with Gasteiger partial charge in [-0.3, -0.25) is 4.79 Å². The van der Waals surface area contributed by atoms with E-state index >= 15 is 0 Å². The number of ketones is 1. The van der Waals surface area contributed by atoms with Crippen molar-refractivity contribution in [2.24, 2.45) is 5.92 Å². The molecule has 0 amide bonds. The Labute approximate surface area is 119 Å². The van der Waals surface area contributed by atoms with E-state index < -0.39 is 0 Å². The van der Waals surface area contributed by atoms with Gasteiger partial charge in [-0.05, 0) is 31.0 Å². The molecule has 1 aromatic heterocycles. The van der Waals surface area contributed by atoms with Gasteiger partial charge in [0.25, 0.3) is 0 Å². The van der Waals surface area contributed by atoms with Gasteiger partial charge < -0.3 is 4.98 Å². The van der Waals surface area contributed by atoms with Crippen LogP contribution in [-0.4, -0.2) is 10.8 Å². The number of hydrogen-bond acceptors (Lipinski definition) is 2. The fourth-order valence-corrected chi connectivity index (χ4v) is 2.72. The summed E-state index contributed by atoms with van der Waals surface area (Å²) in [5.41, 5.74) is 2.23. The number of aromatic amines is 1. The van der Waals surface area contributed by atoms with Crippen LogP contribution in [0.3, 0.4) is 0 Å². The summed E-state index contributed by atoms with van der Waals surface area (Å²) in [7, 11) is 0. The first-order chi connectivity index (χ1) is 9.71. The summed E-state index contributed by atoms with van der Waals surface area (Å²) in [6.45, 7) is 4.22. The maximum Gasteiger partial charge on any atom is 0.168 e. The van der Waals surface area contributed by atoms with E-state index in [1.165, 1.54) is 0 Å². The fraction of sp³-hybridized carbons (Fsp3) is 0.412. The lowest BCUT2D eigenvalue weighted by Gasteiger charge is -2.13. The smallest absolute Gasteiger partial charge is 0.168 e. The van der Waals surface area contributed by atoms with Gasteiger partial charge in [0.2, 0.25) is 0 Å². The fourth-order valence-electron chi connectivity index (χ4n) is 2.72. The average Bonchev–Trinajstić information content (AvgIpc) is 2.89. The number of carbonyl (C=O) groups is 1. The highest BCUT2D eigenvalue weighted by molar-refractivity contribution is 6.09. The van der Waals surface area contributed by atoms with Gasteiger partial charge in [-0.15, -0.1) is 0 Å². The number of H-pyrrole nitrogens is 1. The van der Waals surface area contributed by atoms with E-state index in [0.29, 0.717) is 5.56 Å². The van der Waals surface area contributed by atoms with Gasteiger partial charge in [-0.25, -0.2) is 0 Å². The lowest BCUT2D eigenvalue weighted by atomic mass is 9.89. The van der Waals surface area contributed by atoms with E-state index in [1.807, 2.05) is 6.07 Å². The molecule has 0 spiro atoms. The molecule has 104 valence electrons. The van der Waals surface area contributed by atoms with Gasteiger partial charge >= 0.3 is 0 Å². The second-order valence-electron chi connectivity index (χ2n) is 5.21. The number of rotatable bonds is 6. The number of nitrogens with zero attached hydrogens (tertiary/aromatic N) is 1. The van der Waals surface area contributed by atoms with Crippen molar-refractivity contribution >= 4 is 16.7 Å². The highest BCUT2D eigenvalue weighted by atomic mass is 16.1. The summed E-state index contributed by atoms with van der Waals surface area (Å²) in [5, 5.41) is 9.86. The van der Waals surface area contributed by atoms with Gasteiger partial charge in [0.1, 0.15) is 0 Å². The quantitative estimate of drug-likeness (QED) is 0.787. The first-order valence-corrected chi connectivity index (χ1v) is 7.26. The molecule has 0 radical (unpaired) electrons. The molecule has 20 heavy (non-hydrogen) atoms. The van der Waals surface area contributed by atoms with Gasteiger partial charge in [0.05, 0.1) is 11.6 Å². The minimum atomic E-state index is 0.0924. The van der Waals surface area contributed by atoms with Crippen molar-refractivity contribution in [2.75, 3.05) is 0 Å². The maximum atomic E-state index is 12.7. The topological polar surface area (TPSA) is 56.6 Å². The molecule has 0 aliphatic carbocycles. The Bertz CT molecular complexity index is 643. The third kappa shape index (κ3) is 2.75. The normalized spacial score (nSPS) is 10.9. The van der Waals surface area contributed by atoms with Crippen molar-refractivity contribution in [1.82, 2.24) is 4.98 Å². The monoisotopic (exact) mass is 268 g/mol. The predicted octanol–water partition coefficient (Wildman–Crippen LogP) is 4.44. The number of aromatic nitrogens is 1. The molecule has 3 nitrogen and oxygen atoms in total. The first-order valence-electron chi connectivity index (χ1n) is 7.26. The lowest BCUT2D eigenvalue weighted by molar-refractivity contribution is 0.0906. The van der Waals surface area contributed by atoms with E-state index in [-0.39, 0.29) is 11.7 Å². The van der Waals surface area contributed by atoms with E-state index in [1.54, 1.807) is 18.3 Å². The van der Waals surface area contributed by atoms with Crippen LogP contribution in [0.5, 0.6) is 0 Å². The van der Waals surface area contributed by atoms with Crippen molar-refractivity contribution in [3.8, 4) is 6.07 Å².